The van der Waals surface area contributed by atoms with Gasteiger partial charge in [-0.05, 0) is 65.2 Å². The van der Waals surface area contributed by atoms with E-state index in [1.54, 1.807) is 0 Å². The molecule has 0 spiro atoms. The maximum atomic E-state index is 13.2. The number of rotatable bonds is 9. The lowest BCUT2D eigenvalue weighted by Gasteiger charge is -2.51. The normalized spacial score (nSPS) is 28.9. The molecular weight excluding hydrogens is 520 g/mol. The van der Waals surface area contributed by atoms with Gasteiger partial charge < -0.3 is 15.2 Å². The SMILES string of the molecule is O=C(NC(CCCCN1C(=O)C2C3C=CC(C4C=CC43)C2C1=O)C(=O)O)OCC1c2ccccc2-c2ccccc21. The van der Waals surface area contributed by atoms with Crippen molar-refractivity contribution in [1.29, 1.82) is 0 Å². The molecule has 2 N–H and O–H groups in total. The fourth-order valence-corrected chi connectivity index (χ4v) is 7.83. The van der Waals surface area contributed by atoms with Crippen LogP contribution in [0.2, 0.25) is 0 Å². The minimum absolute atomic E-state index is 0.0929. The fraction of sp³-hybridized carbons (Fsp3) is 0.394. The van der Waals surface area contributed by atoms with Crippen LogP contribution < -0.4 is 5.32 Å². The van der Waals surface area contributed by atoms with Crippen molar-refractivity contribution in [2.24, 2.45) is 35.5 Å². The van der Waals surface area contributed by atoms with Crippen LogP contribution in [0, 0.1) is 35.5 Å². The van der Waals surface area contributed by atoms with Gasteiger partial charge in [0.15, 0.2) is 0 Å². The molecule has 6 aliphatic rings. The minimum Gasteiger partial charge on any atom is -0.480 e. The first-order chi connectivity index (χ1) is 19.9. The number of nitrogens with zero attached hydrogens (tertiary/aromatic N) is 1. The van der Waals surface area contributed by atoms with E-state index in [0.29, 0.717) is 24.7 Å². The lowest BCUT2D eigenvalue weighted by atomic mass is 9.50. The molecule has 8 rings (SSSR count). The Morgan fingerprint density at radius 2 is 1.34 bits per heavy atom. The fourth-order valence-electron chi connectivity index (χ4n) is 7.83. The molecule has 210 valence electrons. The first-order valence-corrected chi connectivity index (χ1v) is 14.5. The number of hydrogen-bond donors (Lipinski definition) is 2. The third-order valence-corrected chi connectivity index (χ3v) is 9.82. The zero-order valence-corrected chi connectivity index (χ0v) is 22.5. The van der Waals surface area contributed by atoms with E-state index in [0.717, 1.165) is 22.3 Å². The van der Waals surface area contributed by atoms with E-state index in [9.17, 15) is 24.3 Å². The topological polar surface area (TPSA) is 113 Å². The number of ether oxygens (including phenoxy) is 1. The van der Waals surface area contributed by atoms with Crippen LogP contribution in [-0.4, -0.2) is 53.1 Å². The first-order valence-electron chi connectivity index (χ1n) is 14.5. The first kappa shape index (κ1) is 25.7. The highest BCUT2D eigenvalue weighted by Gasteiger charge is 2.62. The predicted molar refractivity (Wildman–Crippen MR) is 149 cm³/mol. The number of hydrogen-bond acceptors (Lipinski definition) is 5. The minimum atomic E-state index is -1.15. The number of alkyl carbamates (subject to hydrolysis) is 1. The van der Waals surface area contributed by atoms with Gasteiger partial charge in [0, 0.05) is 12.5 Å². The Labute approximate surface area is 238 Å². The van der Waals surface area contributed by atoms with Gasteiger partial charge in [-0.25, -0.2) is 9.59 Å². The molecule has 41 heavy (non-hydrogen) atoms. The van der Waals surface area contributed by atoms with Crippen LogP contribution in [0.1, 0.15) is 36.3 Å². The summed E-state index contributed by atoms with van der Waals surface area (Å²) in [7, 11) is 0. The highest BCUT2D eigenvalue weighted by Crippen LogP contribution is 2.58. The van der Waals surface area contributed by atoms with Crippen LogP contribution in [0.3, 0.4) is 0 Å². The summed E-state index contributed by atoms with van der Waals surface area (Å²) in [6.45, 7) is 0.367. The van der Waals surface area contributed by atoms with Gasteiger partial charge in [-0.1, -0.05) is 72.8 Å². The van der Waals surface area contributed by atoms with Crippen molar-refractivity contribution in [3.8, 4) is 11.1 Å². The van der Waals surface area contributed by atoms with Crippen molar-refractivity contribution >= 4 is 23.9 Å². The van der Waals surface area contributed by atoms with E-state index in [2.05, 4.69) is 29.6 Å². The molecule has 1 saturated carbocycles. The second-order valence-corrected chi connectivity index (χ2v) is 11.8. The van der Waals surface area contributed by atoms with Crippen molar-refractivity contribution in [3.05, 3.63) is 84.0 Å². The van der Waals surface area contributed by atoms with E-state index in [1.165, 1.54) is 4.90 Å². The Morgan fingerprint density at radius 3 is 1.88 bits per heavy atom. The number of aliphatic carboxylic acids is 1. The standard InChI is InChI=1S/C33H32N2O6/c36-30-28-24-14-15-25(23-13-12-22(23)24)29(28)31(37)35(30)16-6-5-11-27(32(38)39)34-33(40)41-17-26-20-9-3-1-7-18(20)19-8-2-4-10-21(19)26/h1-4,7-10,12-15,22-29H,5-6,11,16-17H2,(H,34,40)(H,38,39). The van der Waals surface area contributed by atoms with Crippen LogP contribution in [-0.2, 0) is 19.1 Å². The number of amides is 3. The summed E-state index contributed by atoms with van der Waals surface area (Å²) in [6.07, 6.45) is 8.88. The molecule has 0 radical (unpaired) electrons. The number of benzene rings is 2. The van der Waals surface area contributed by atoms with E-state index in [-0.39, 0.29) is 61.0 Å². The number of fused-ring (bicyclic) bond motifs is 3. The summed E-state index contributed by atoms with van der Waals surface area (Å²) < 4.78 is 5.52. The summed E-state index contributed by atoms with van der Waals surface area (Å²) in [6, 6.07) is 14.9. The molecule has 1 saturated heterocycles. The smallest absolute Gasteiger partial charge is 0.407 e. The van der Waals surface area contributed by atoms with E-state index in [1.807, 2.05) is 48.5 Å². The highest BCUT2D eigenvalue weighted by molar-refractivity contribution is 6.06. The van der Waals surface area contributed by atoms with Gasteiger partial charge in [0.25, 0.3) is 0 Å². The molecule has 7 atom stereocenters. The van der Waals surface area contributed by atoms with Crippen LogP contribution in [0.15, 0.2) is 72.8 Å². The summed E-state index contributed by atoms with van der Waals surface area (Å²) in [5, 5.41) is 12.2. The maximum absolute atomic E-state index is 13.2. The van der Waals surface area contributed by atoms with Crippen molar-refractivity contribution in [1.82, 2.24) is 10.2 Å². The summed E-state index contributed by atoms with van der Waals surface area (Å²) in [5.74, 6) is -1.08. The van der Waals surface area contributed by atoms with Crippen molar-refractivity contribution in [2.75, 3.05) is 13.2 Å². The number of imide groups is 1. The average Bonchev–Trinajstić information content (AvgIpc) is 3.41. The Hall–Kier alpha value is -4.20. The second-order valence-electron chi connectivity index (χ2n) is 11.8. The highest BCUT2D eigenvalue weighted by atomic mass is 16.5. The number of allylic oxidation sites excluding steroid dienone is 4. The van der Waals surface area contributed by atoms with Crippen LogP contribution in [0.5, 0.6) is 0 Å². The van der Waals surface area contributed by atoms with Gasteiger partial charge in [-0.2, -0.15) is 0 Å². The number of nitrogens with one attached hydrogen (secondary N) is 1. The van der Waals surface area contributed by atoms with Crippen LogP contribution in [0.4, 0.5) is 4.79 Å². The Balaban J connectivity index is 0.913. The molecular formula is C33H32N2O6. The zero-order valence-electron chi connectivity index (χ0n) is 22.5. The van der Waals surface area contributed by atoms with Crippen molar-refractivity contribution in [3.63, 3.8) is 0 Å². The van der Waals surface area contributed by atoms with Crippen LogP contribution in [0.25, 0.3) is 11.1 Å². The van der Waals surface area contributed by atoms with Crippen LogP contribution >= 0.6 is 0 Å². The Bertz CT molecular complexity index is 1410. The largest absolute Gasteiger partial charge is 0.480 e. The molecule has 2 aromatic carbocycles. The van der Waals surface area contributed by atoms with Gasteiger partial charge >= 0.3 is 12.1 Å². The van der Waals surface area contributed by atoms with Gasteiger partial charge in [0.1, 0.15) is 12.6 Å². The molecule has 5 aliphatic carbocycles. The average molecular weight is 553 g/mol. The zero-order chi connectivity index (χ0) is 28.2. The number of carbonyl (C=O) groups excluding carboxylic acids is 3. The summed E-state index contributed by atoms with van der Waals surface area (Å²) in [5.41, 5.74) is 4.38. The molecule has 7 unspecified atom stereocenters. The Kier molecular flexibility index (Phi) is 6.29. The molecule has 2 fully saturated rings. The number of likely N-dealkylation sites (tertiary alicyclic amines) is 1. The lowest BCUT2D eigenvalue weighted by molar-refractivity contribution is -0.141. The third kappa shape index (κ3) is 4.11. The maximum Gasteiger partial charge on any atom is 0.407 e. The molecule has 2 bridgehead atoms. The Morgan fingerprint density at radius 1 is 0.805 bits per heavy atom. The van der Waals surface area contributed by atoms with Gasteiger partial charge in [-0.15, -0.1) is 0 Å². The number of carbonyl (C=O) groups is 4. The third-order valence-electron chi connectivity index (χ3n) is 9.82. The molecule has 3 amide bonds. The van der Waals surface area contributed by atoms with Crippen molar-refractivity contribution < 1.29 is 29.0 Å². The lowest BCUT2D eigenvalue weighted by Crippen LogP contribution is -2.50. The monoisotopic (exact) mass is 552 g/mol. The number of carboxylic acids is 1. The quantitative estimate of drug-likeness (QED) is 0.271. The molecule has 1 aliphatic heterocycles. The summed E-state index contributed by atoms with van der Waals surface area (Å²) >= 11 is 0. The predicted octanol–water partition coefficient (Wildman–Crippen LogP) is 4.37. The number of carboxylic acid groups (broad SMARTS) is 1. The molecule has 2 aromatic rings. The summed E-state index contributed by atoms with van der Waals surface area (Å²) in [4.78, 5) is 52.3. The van der Waals surface area contributed by atoms with E-state index >= 15 is 0 Å². The van der Waals surface area contributed by atoms with Gasteiger partial charge in [-0.3, -0.25) is 14.5 Å². The molecule has 8 nitrogen and oxygen atoms in total. The molecule has 0 aromatic heterocycles. The molecule has 1 heterocycles. The van der Waals surface area contributed by atoms with E-state index < -0.39 is 18.1 Å². The van der Waals surface area contributed by atoms with Gasteiger partial charge in [0.05, 0.1) is 11.8 Å². The van der Waals surface area contributed by atoms with E-state index in [4.69, 9.17) is 4.74 Å². The van der Waals surface area contributed by atoms with Crippen molar-refractivity contribution in [2.45, 2.75) is 31.2 Å². The number of unbranched alkanes of at least 4 members (excludes halogenated alkanes) is 1. The second kappa shape index (κ2) is 10.0. The molecule has 8 heteroatoms. The van der Waals surface area contributed by atoms with Gasteiger partial charge in [0.2, 0.25) is 11.8 Å².